The van der Waals surface area contributed by atoms with Crippen LogP contribution in [0.15, 0.2) is 17.4 Å². The second kappa shape index (κ2) is 3.14. The summed E-state index contributed by atoms with van der Waals surface area (Å²) in [5.41, 5.74) is 2.83. The lowest BCUT2D eigenvalue weighted by Gasteiger charge is -1.97. The zero-order valence-electron chi connectivity index (χ0n) is 6.57. The Kier molecular flexibility index (Phi) is 2.21. The van der Waals surface area contributed by atoms with Gasteiger partial charge in [0.1, 0.15) is 0 Å². The summed E-state index contributed by atoms with van der Waals surface area (Å²) in [5.74, 6) is 0. The van der Waals surface area contributed by atoms with E-state index in [0.29, 0.717) is 5.69 Å². The van der Waals surface area contributed by atoms with Crippen LogP contribution < -0.4 is 0 Å². The maximum absolute atomic E-state index is 8.24. The zero-order chi connectivity index (χ0) is 8.27. The molecule has 1 aromatic heterocycles. The van der Waals surface area contributed by atoms with Crippen molar-refractivity contribution in [2.75, 3.05) is 0 Å². The van der Waals surface area contributed by atoms with Gasteiger partial charge in [-0.2, -0.15) is 0 Å². The lowest BCUT2D eigenvalue weighted by Crippen LogP contribution is -1.92. The molecule has 11 heavy (non-hydrogen) atoms. The fourth-order valence-corrected chi connectivity index (χ4v) is 0.916. The second-order valence-electron chi connectivity index (χ2n) is 2.46. The number of hydrogen-bond donors (Lipinski definition) is 1. The Morgan fingerprint density at radius 3 is 2.82 bits per heavy atom. The van der Waals surface area contributed by atoms with E-state index in [1.54, 1.807) is 6.20 Å². The minimum atomic E-state index is 0.707. The number of nitrogens with zero attached hydrogens (tertiary/aromatic N) is 2. The van der Waals surface area contributed by atoms with Gasteiger partial charge in [-0.1, -0.05) is 11.2 Å². The highest BCUT2D eigenvalue weighted by molar-refractivity contribution is 5.78. The molecular formula is C8H10N2O. The van der Waals surface area contributed by atoms with Crippen LogP contribution >= 0.6 is 0 Å². The number of aromatic nitrogens is 1. The van der Waals surface area contributed by atoms with Crippen molar-refractivity contribution >= 4 is 6.21 Å². The topological polar surface area (TPSA) is 45.5 Å². The molecule has 0 unspecified atom stereocenters. The predicted molar refractivity (Wildman–Crippen MR) is 43.1 cm³/mol. The van der Waals surface area contributed by atoms with E-state index in [-0.39, 0.29) is 0 Å². The van der Waals surface area contributed by atoms with Crippen molar-refractivity contribution in [2.24, 2.45) is 5.16 Å². The van der Waals surface area contributed by atoms with Crippen LogP contribution in [0.4, 0.5) is 0 Å². The molecule has 3 nitrogen and oxygen atoms in total. The molecule has 0 aliphatic carbocycles. The summed E-state index contributed by atoms with van der Waals surface area (Å²) in [5, 5.41) is 11.2. The molecule has 0 saturated heterocycles. The summed E-state index contributed by atoms with van der Waals surface area (Å²) in [6.07, 6.45) is 3.07. The van der Waals surface area contributed by atoms with E-state index in [9.17, 15) is 0 Å². The maximum atomic E-state index is 8.24. The minimum absolute atomic E-state index is 0.707. The summed E-state index contributed by atoms with van der Waals surface area (Å²) < 4.78 is 0. The van der Waals surface area contributed by atoms with Crippen LogP contribution in [0.3, 0.4) is 0 Å². The smallest absolute Gasteiger partial charge is 0.0920 e. The fourth-order valence-electron chi connectivity index (χ4n) is 0.916. The molecular weight excluding hydrogens is 140 g/mol. The third kappa shape index (κ3) is 1.77. The first kappa shape index (κ1) is 7.72. The van der Waals surface area contributed by atoms with Crippen LogP contribution in [0.1, 0.15) is 16.8 Å². The average Bonchev–Trinajstić information content (AvgIpc) is 1.95. The summed E-state index contributed by atoms with van der Waals surface area (Å²) in [6.45, 7) is 3.90. The van der Waals surface area contributed by atoms with Crippen molar-refractivity contribution in [2.45, 2.75) is 13.8 Å². The van der Waals surface area contributed by atoms with E-state index < -0.39 is 0 Å². The Bertz CT molecular complexity index is 281. The van der Waals surface area contributed by atoms with Crippen LogP contribution in [0.2, 0.25) is 0 Å². The van der Waals surface area contributed by atoms with Crippen molar-refractivity contribution in [1.82, 2.24) is 4.98 Å². The molecule has 0 atom stereocenters. The van der Waals surface area contributed by atoms with E-state index in [1.807, 2.05) is 19.9 Å². The lowest BCUT2D eigenvalue weighted by molar-refractivity contribution is 0.321. The highest BCUT2D eigenvalue weighted by Gasteiger charge is 1.95. The zero-order valence-corrected chi connectivity index (χ0v) is 6.57. The fraction of sp³-hybridized carbons (Fsp3) is 0.250. The van der Waals surface area contributed by atoms with Crippen molar-refractivity contribution < 1.29 is 5.21 Å². The molecule has 0 radical (unpaired) electrons. The minimum Gasteiger partial charge on any atom is -0.411 e. The predicted octanol–water partition coefficient (Wildman–Crippen LogP) is 1.51. The van der Waals surface area contributed by atoms with Crippen molar-refractivity contribution in [1.29, 1.82) is 0 Å². The van der Waals surface area contributed by atoms with Gasteiger partial charge in [-0.3, -0.25) is 4.98 Å². The van der Waals surface area contributed by atoms with E-state index >= 15 is 0 Å². The molecule has 1 rings (SSSR count). The molecule has 0 spiro atoms. The molecule has 0 bridgehead atoms. The molecule has 3 heteroatoms. The van der Waals surface area contributed by atoms with Crippen LogP contribution in [-0.2, 0) is 0 Å². The molecule has 0 aliphatic rings. The third-order valence-corrected chi connectivity index (χ3v) is 1.44. The van der Waals surface area contributed by atoms with Gasteiger partial charge >= 0.3 is 0 Å². The third-order valence-electron chi connectivity index (χ3n) is 1.44. The first-order valence-electron chi connectivity index (χ1n) is 3.34. The van der Waals surface area contributed by atoms with Crippen molar-refractivity contribution in [3.05, 3.63) is 29.1 Å². The quantitative estimate of drug-likeness (QED) is 0.374. The Hall–Kier alpha value is -1.38. The number of hydrogen-bond acceptors (Lipinski definition) is 3. The summed E-state index contributed by atoms with van der Waals surface area (Å²) >= 11 is 0. The highest BCUT2D eigenvalue weighted by atomic mass is 16.4. The van der Waals surface area contributed by atoms with Gasteiger partial charge in [0.05, 0.1) is 11.9 Å². The highest BCUT2D eigenvalue weighted by Crippen LogP contribution is 2.03. The largest absolute Gasteiger partial charge is 0.411 e. The number of rotatable bonds is 1. The molecule has 0 saturated carbocycles. The molecule has 58 valence electrons. The summed E-state index contributed by atoms with van der Waals surface area (Å²) in [7, 11) is 0. The monoisotopic (exact) mass is 150 g/mol. The Morgan fingerprint density at radius 2 is 2.27 bits per heavy atom. The lowest BCUT2D eigenvalue weighted by atomic mass is 10.2. The van der Waals surface area contributed by atoms with Gasteiger partial charge in [0.25, 0.3) is 0 Å². The molecule has 1 heterocycles. The molecule has 0 fully saturated rings. The standard InChI is InChI=1S/C8H10N2O/c1-6-3-7(2)8(5-10-11)9-4-6/h3-5,11H,1-2H3. The van der Waals surface area contributed by atoms with Crippen LogP contribution in [0.25, 0.3) is 0 Å². The Labute approximate surface area is 65.4 Å². The van der Waals surface area contributed by atoms with Gasteiger partial charge in [-0.15, -0.1) is 0 Å². The van der Waals surface area contributed by atoms with Crippen LogP contribution in [0, 0.1) is 13.8 Å². The summed E-state index contributed by atoms with van der Waals surface area (Å²) in [4.78, 5) is 4.06. The van der Waals surface area contributed by atoms with E-state index in [4.69, 9.17) is 5.21 Å². The Balaban J connectivity index is 3.09. The molecule has 0 aromatic carbocycles. The van der Waals surface area contributed by atoms with Gasteiger partial charge in [0.15, 0.2) is 0 Å². The van der Waals surface area contributed by atoms with Crippen molar-refractivity contribution in [3.8, 4) is 0 Å². The van der Waals surface area contributed by atoms with Gasteiger partial charge < -0.3 is 5.21 Å². The SMILES string of the molecule is Cc1cnc(C=NO)c(C)c1. The van der Waals surface area contributed by atoms with Gasteiger partial charge in [0, 0.05) is 6.20 Å². The van der Waals surface area contributed by atoms with E-state index in [1.165, 1.54) is 6.21 Å². The van der Waals surface area contributed by atoms with Crippen LogP contribution in [0.5, 0.6) is 0 Å². The molecule has 1 aromatic rings. The van der Waals surface area contributed by atoms with Gasteiger partial charge in [0.2, 0.25) is 0 Å². The number of aryl methyl sites for hydroxylation is 2. The average molecular weight is 150 g/mol. The molecule has 1 N–H and O–H groups in total. The van der Waals surface area contributed by atoms with Gasteiger partial charge in [-0.25, -0.2) is 0 Å². The van der Waals surface area contributed by atoms with E-state index in [0.717, 1.165) is 11.1 Å². The number of oxime groups is 1. The second-order valence-corrected chi connectivity index (χ2v) is 2.46. The van der Waals surface area contributed by atoms with Crippen molar-refractivity contribution in [3.63, 3.8) is 0 Å². The maximum Gasteiger partial charge on any atom is 0.0920 e. The van der Waals surface area contributed by atoms with E-state index in [2.05, 4.69) is 10.1 Å². The van der Waals surface area contributed by atoms with Crippen LogP contribution in [-0.4, -0.2) is 16.4 Å². The number of pyridine rings is 1. The first-order valence-corrected chi connectivity index (χ1v) is 3.34. The first-order chi connectivity index (χ1) is 5.24. The normalized spacial score (nSPS) is 10.7. The molecule has 0 aliphatic heterocycles. The Morgan fingerprint density at radius 1 is 1.55 bits per heavy atom. The molecule has 0 amide bonds. The summed E-state index contributed by atoms with van der Waals surface area (Å²) in [6, 6.07) is 1.99. The van der Waals surface area contributed by atoms with Gasteiger partial charge in [-0.05, 0) is 25.0 Å².